The topological polar surface area (TPSA) is 12.0 Å². The van der Waals surface area contributed by atoms with Gasteiger partial charge in [-0.25, -0.2) is 0 Å². The van der Waals surface area contributed by atoms with E-state index in [9.17, 15) is 0 Å². The summed E-state index contributed by atoms with van der Waals surface area (Å²) in [5, 5.41) is 3.56. The second-order valence-electron chi connectivity index (χ2n) is 4.10. The first-order valence-electron chi connectivity index (χ1n) is 5.12. The van der Waals surface area contributed by atoms with Gasteiger partial charge in [0, 0.05) is 12.6 Å². The highest BCUT2D eigenvalue weighted by atomic mass is 14.9. The number of nitrogens with one attached hydrogen (secondary N) is 1. The number of rotatable bonds is 4. The van der Waals surface area contributed by atoms with Crippen LogP contribution in [0.5, 0.6) is 0 Å². The largest absolute Gasteiger partial charge is 0.310 e. The Labute approximate surface area is 76.2 Å². The Morgan fingerprint density at radius 1 is 1.50 bits per heavy atom. The molecule has 1 heteroatoms. The lowest BCUT2D eigenvalue weighted by Gasteiger charge is -2.12. The molecule has 1 aliphatic carbocycles. The first-order chi connectivity index (χ1) is 5.72. The van der Waals surface area contributed by atoms with E-state index in [-0.39, 0.29) is 0 Å². The van der Waals surface area contributed by atoms with Crippen LogP contribution in [-0.4, -0.2) is 12.6 Å². The summed E-state index contributed by atoms with van der Waals surface area (Å²) in [6.45, 7) is 9.52. The molecule has 0 saturated heterocycles. The van der Waals surface area contributed by atoms with Crippen LogP contribution < -0.4 is 5.32 Å². The first kappa shape index (κ1) is 9.79. The molecule has 0 aliphatic heterocycles. The molecule has 0 spiro atoms. The molecule has 2 unspecified atom stereocenters. The Morgan fingerprint density at radius 2 is 2.25 bits per heavy atom. The van der Waals surface area contributed by atoms with E-state index in [0.717, 1.165) is 24.9 Å². The minimum absolute atomic E-state index is 0.767. The second-order valence-corrected chi connectivity index (χ2v) is 4.10. The lowest BCUT2D eigenvalue weighted by atomic mass is 10.1. The summed E-state index contributed by atoms with van der Waals surface area (Å²) in [6.07, 6.45) is 5.22. The van der Waals surface area contributed by atoms with Gasteiger partial charge in [0.25, 0.3) is 0 Å². The minimum atomic E-state index is 0.767. The number of hydrogen-bond donors (Lipinski definition) is 1. The van der Waals surface area contributed by atoms with Gasteiger partial charge in [0.05, 0.1) is 0 Å². The smallest absolute Gasteiger partial charge is 0.0164 e. The van der Waals surface area contributed by atoms with E-state index in [0.29, 0.717) is 0 Å². The fourth-order valence-electron chi connectivity index (χ4n) is 1.81. The van der Waals surface area contributed by atoms with Crippen molar-refractivity contribution in [1.29, 1.82) is 0 Å². The molecule has 0 aromatic heterocycles. The van der Waals surface area contributed by atoms with Gasteiger partial charge >= 0.3 is 0 Å². The maximum atomic E-state index is 3.99. The van der Waals surface area contributed by atoms with Crippen molar-refractivity contribution in [2.45, 2.75) is 45.6 Å². The average Bonchev–Trinajstić information content (AvgIpc) is 2.47. The molecule has 0 aromatic rings. The van der Waals surface area contributed by atoms with Crippen LogP contribution in [-0.2, 0) is 0 Å². The van der Waals surface area contributed by atoms with Gasteiger partial charge in [-0.2, -0.15) is 0 Å². The molecule has 2 atom stereocenters. The highest BCUT2D eigenvalue weighted by molar-refractivity contribution is 4.96. The standard InChI is InChI=1S/C11H21N/c1-4-9(2)8-12-11-6-5-10(3)7-11/h10-12H,2,4-8H2,1,3H3. The van der Waals surface area contributed by atoms with Crippen molar-refractivity contribution >= 4 is 0 Å². The lowest BCUT2D eigenvalue weighted by Crippen LogP contribution is -2.28. The number of hydrogen-bond acceptors (Lipinski definition) is 1. The van der Waals surface area contributed by atoms with Crippen LogP contribution in [0, 0.1) is 5.92 Å². The summed E-state index contributed by atoms with van der Waals surface area (Å²) in [6, 6.07) is 0.767. The molecule has 70 valence electrons. The quantitative estimate of drug-likeness (QED) is 0.635. The average molecular weight is 167 g/mol. The molecule has 1 N–H and O–H groups in total. The van der Waals surface area contributed by atoms with Crippen molar-refractivity contribution in [1.82, 2.24) is 5.32 Å². The zero-order chi connectivity index (χ0) is 8.97. The van der Waals surface area contributed by atoms with Gasteiger partial charge in [-0.1, -0.05) is 26.0 Å². The van der Waals surface area contributed by atoms with Crippen molar-refractivity contribution < 1.29 is 0 Å². The summed E-state index contributed by atoms with van der Waals surface area (Å²) in [5.74, 6) is 0.928. The molecule has 0 radical (unpaired) electrons. The lowest BCUT2D eigenvalue weighted by molar-refractivity contribution is 0.519. The summed E-state index contributed by atoms with van der Waals surface area (Å²) < 4.78 is 0. The van der Waals surface area contributed by atoms with Crippen LogP contribution in [0.15, 0.2) is 12.2 Å². The molecule has 12 heavy (non-hydrogen) atoms. The van der Waals surface area contributed by atoms with E-state index < -0.39 is 0 Å². The normalized spacial score (nSPS) is 29.2. The van der Waals surface area contributed by atoms with Gasteiger partial charge < -0.3 is 5.32 Å². The van der Waals surface area contributed by atoms with Crippen molar-refractivity contribution in [3.8, 4) is 0 Å². The summed E-state index contributed by atoms with van der Waals surface area (Å²) in [5.41, 5.74) is 1.33. The Balaban J connectivity index is 2.11. The summed E-state index contributed by atoms with van der Waals surface area (Å²) in [7, 11) is 0. The van der Waals surface area contributed by atoms with Gasteiger partial charge in [0.2, 0.25) is 0 Å². The molecule has 0 amide bonds. The van der Waals surface area contributed by atoms with E-state index in [1.54, 1.807) is 0 Å². The van der Waals surface area contributed by atoms with Crippen LogP contribution in [0.2, 0.25) is 0 Å². The fraction of sp³-hybridized carbons (Fsp3) is 0.818. The van der Waals surface area contributed by atoms with Gasteiger partial charge in [0.15, 0.2) is 0 Å². The maximum absolute atomic E-state index is 3.99. The van der Waals surface area contributed by atoms with E-state index in [4.69, 9.17) is 0 Å². The van der Waals surface area contributed by atoms with E-state index in [2.05, 4.69) is 25.7 Å². The van der Waals surface area contributed by atoms with E-state index in [1.165, 1.54) is 24.8 Å². The van der Waals surface area contributed by atoms with Gasteiger partial charge in [0.1, 0.15) is 0 Å². The van der Waals surface area contributed by atoms with Crippen LogP contribution in [0.25, 0.3) is 0 Å². The molecule has 0 bridgehead atoms. The third-order valence-corrected chi connectivity index (χ3v) is 2.84. The van der Waals surface area contributed by atoms with Crippen LogP contribution in [0.3, 0.4) is 0 Å². The minimum Gasteiger partial charge on any atom is -0.310 e. The van der Waals surface area contributed by atoms with E-state index in [1.807, 2.05) is 0 Å². The van der Waals surface area contributed by atoms with Crippen LogP contribution in [0.4, 0.5) is 0 Å². The fourth-order valence-corrected chi connectivity index (χ4v) is 1.81. The monoisotopic (exact) mass is 167 g/mol. The van der Waals surface area contributed by atoms with Crippen LogP contribution in [0.1, 0.15) is 39.5 Å². The molecule has 0 aromatic carbocycles. The summed E-state index contributed by atoms with van der Waals surface area (Å²) >= 11 is 0. The van der Waals surface area contributed by atoms with Gasteiger partial charge in [-0.3, -0.25) is 0 Å². The predicted octanol–water partition coefficient (Wildman–Crippen LogP) is 2.73. The van der Waals surface area contributed by atoms with Gasteiger partial charge in [-0.15, -0.1) is 0 Å². The SMILES string of the molecule is C=C(CC)CNC1CCC(C)C1. The molecule has 1 aliphatic rings. The molecule has 1 rings (SSSR count). The van der Waals surface area contributed by atoms with Crippen LogP contribution >= 0.6 is 0 Å². The zero-order valence-electron chi connectivity index (χ0n) is 8.40. The molecule has 0 heterocycles. The first-order valence-corrected chi connectivity index (χ1v) is 5.12. The van der Waals surface area contributed by atoms with Crippen molar-refractivity contribution in [3.63, 3.8) is 0 Å². The Hall–Kier alpha value is -0.300. The molecule has 1 fully saturated rings. The molecule has 1 saturated carbocycles. The third-order valence-electron chi connectivity index (χ3n) is 2.84. The third kappa shape index (κ3) is 2.98. The molecular weight excluding hydrogens is 146 g/mol. The highest BCUT2D eigenvalue weighted by Gasteiger charge is 2.20. The maximum Gasteiger partial charge on any atom is 0.0164 e. The highest BCUT2D eigenvalue weighted by Crippen LogP contribution is 2.24. The summed E-state index contributed by atoms with van der Waals surface area (Å²) in [4.78, 5) is 0. The van der Waals surface area contributed by atoms with Gasteiger partial charge in [-0.05, 0) is 31.6 Å². The predicted molar refractivity (Wildman–Crippen MR) is 54.2 cm³/mol. The Morgan fingerprint density at radius 3 is 2.75 bits per heavy atom. The second kappa shape index (κ2) is 4.66. The van der Waals surface area contributed by atoms with E-state index >= 15 is 0 Å². The Kier molecular flexibility index (Phi) is 3.80. The van der Waals surface area contributed by atoms with Crippen molar-refractivity contribution in [2.75, 3.05) is 6.54 Å². The molecular formula is C11H21N. The van der Waals surface area contributed by atoms with Crippen molar-refractivity contribution in [2.24, 2.45) is 5.92 Å². The van der Waals surface area contributed by atoms with Crippen molar-refractivity contribution in [3.05, 3.63) is 12.2 Å². The molecule has 1 nitrogen and oxygen atoms in total. The zero-order valence-corrected chi connectivity index (χ0v) is 8.40. The Bertz CT molecular complexity index is 151.